The van der Waals surface area contributed by atoms with Crippen molar-refractivity contribution in [1.29, 1.82) is 0 Å². The molecule has 0 fully saturated rings. The predicted molar refractivity (Wildman–Crippen MR) is 108 cm³/mol. The second-order valence-corrected chi connectivity index (χ2v) is 7.75. The summed E-state index contributed by atoms with van der Waals surface area (Å²) >= 11 is 0.203. The molecular formula is C19H18N2O3S2. The van der Waals surface area contributed by atoms with E-state index < -0.39 is 11.4 Å². The summed E-state index contributed by atoms with van der Waals surface area (Å²) in [4.78, 5) is 13.0. The third-order valence-corrected chi connectivity index (χ3v) is 5.71. The molecule has 1 unspecified atom stereocenters. The number of carbonyl (C=O) groups excluding carboxylic acids is 1. The fraction of sp³-hybridized carbons (Fsp3) is 0.105. The molecule has 1 aromatic heterocycles. The minimum Gasteiger partial charge on any atom is -0.588 e. The zero-order valence-electron chi connectivity index (χ0n) is 14.1. The molecule has 134 valence electrons. The molecule has 0 radical (unpaired) electrons. The quantitative estimate of drug-likeness (QED) is 0.287. The van der Waals surface area contributed by atoms with Gasteiger partial charge in [-0.1, -0.05) is 0 Å². The lowest BCUT2D eigenvalue weighted by molar-refractivity contribution is -0.137. The molecule has 3 aromatic rings. The Hall–Kier alpha value is -2.48. The first-order valence-corrected chi connectivity index (χ1v) is 9.94. The normalized spacial score (nSPS) is 12.4. The first kappa shape index (κ1) is 18.3. The number of hydrogen-bond donors (Lipinski definition) is 2. The van der Waals surface area contributed by atoms with Crippen LogP contribution in [-0.4, -0.2) is 17.1 Å². The predicted octanol–water partition coefficient (Wildman–Crippen LogP) is 4.19. The van der Waals surface area contributed by atoms with Crippen LogP contribution in [0.3, 0.4) is 0 Å². The molecule has 0 amide bonds. The van der Waals surface area contributed by atoms with Gasteiger partial charge in [-0.15, -0.1) is 11.3 Å². The lowest BCUT2D eigenvalue weighted by atomic mass is 10.2. The number of fused-ring (bicyclic) bond motifs is 1. The Morgan fingerprint density at radius 1 is 1.27 bits per heavy atom. The van der Waals surface area contributed by atoms with Crippen molar-refractivity contribution in [3.05, 3.63) is 59.5 Å². The van der Waals surface area contributed by atoms with E-state index in [0.717, 1.165) is 20.7 Å². The molecule has 2 aromatic carbocycles. The summed E-state index contributed by atoms with van der Waals surface area (Å²) in [6.07, 6.45) is 3.16. The van der Waals surface area contributed by atoms with E-state index in [1.807, 2.05) is 24.3 Å². The maximum Gasteiger partial charge on any atom is 0.330 e. The highest BCUT2D eigenvalue weighted by Gasteiger charge is 2.12. The molecule has 3 N–H and O–H groups in total. The Morgan fingerprint density at radius 3 is 2.77 bits per heavy atom. The number of ether oxygens (including phenoxy) is 1. The molecule has 1 atom stereocenters. The van der Waals surface area contributed by atoms with Crippen LogP contribution in [0.4, 0.5) is 11.4 Å². The lowest BCUT2D eigenvalue weighted by Crippen LogP contribution is -2.12. The van der Waals surface area contributed by atoms with Gasteiger partial charge in [0.05, 0.1) is 12.3 Å². The van der Waals surface area contributed by atoms with Crippen molar-refractivity contribution >= 4 is 56.2 Å². The standard InChI is InChI=1S/C19H18N2O3S2/c1-2-24-19(22)10-6-16-12-13-11-15(5-9-18(13)25-16)21-26(23)17-7-3-14(20)4-8-17/h3-12,21H,2,20H2,1H3/b10-6+. The minimum absolute atomic E-state index is 0.355. The highest BCUT2D eigenvalue weighted by Crippen LogP contribution is 2.30. The van der Waals surface area contributed by atoms with Crippen molar-refractivity contribution in [3.8, 4) is 0 Å². The van der Waals surface area contributed by atoms with Crippen LogP contribution in [0.25, 0.3) is 16.2 Å². The lowest BCUT2D eigenvalue weighted by Gasteiger charge is -2.11. The molecule has 7 heteroatoms. The maximum atomic E-state index is 12.4. The first-order chi connectivity index (χ1) is 12.5. The fourth-order valence-corrected chi connectivity index (χ4v) is 4.10. The molecule has 0 aliphatic heterocycles. The van der Waals surface area contributed by atoms with Gasteiger partial charge in [0.2, 0.25) is 0 Å². The van der Waals surface area contributed by atoms with Crippen LogP contribution < -0.4 is 10.5 Å². The number of hydrogen-bond acceptors (Lipinski definition) is 6. The number of nitrogens with one attached hydrogen (secondary N) is 1. The number of nitrogen functional groups attached to an aromatic ring is 1. The minimum atomic E-state index is -1.37. The summed E-state index contributed by atoms with van der Waals surface area (Å²) < 4.78 is 21.4. The second kappa shape index (κ2) is 8.27. The molecule has 0 aliphatic carbocycles. The van der Waals surface area contributed by atoms with Crippen LogP contribution in [0.15, 0.2) is 59.5 Å². The first-order valence-electron chi connectivity index (χ1n) is 7.97. The molecule has 0 aliphatic rings. The van der Waals surface area contributed by atoms with Crippen LogP contribution in [0.2, 0.25) is 0 Å². The zero-order valence-corrected chi connectivity index (χ0v) is 15.7. The molecule has 1 heterocycles. The van der Waals surface area contributed by atoms with Gasteiger partial charge < -0.3 is 15.0 Å². The number of esters is 1. The fourth-order valence-electron chi connectivity index (χ4n) is 2.31. The van der Waals surface area contributed by atoms with Crippen LogP contribution >= 0.6 is 11.3 Å². The van der Waals surface area contributed by atoms with Gasteiger partial charge >= 0.3 is 5.97 Å². The molecular weight excluding hydrogens is 368 g/mol. The summed E-state index contributed by atoms with van der Waals surface area (Å²) in [7, 11) is 0. The van der Waals surface area contributed by atoms with Gasteiger partial charge in [0.15, 0.2) is 4.90 Å². The van der Waals surface area contributed by atoms with E-state index in [4.69, 9.17) is 10.5 Å². The average Bonchev–Trinajstić information content (AvgIpc) is 3.03. The number of carbonyl (C=O) groups is 1. The SMILES string of the molecule is CCOC(=O)/C=C/c1cc2cc(N[S+]([O-])c3ccc(N)cc3)ccc2s1. The van der Waals surface area contributed by atoms with Gasteiger partial charge in [-0.2, -0.15) is 0 Å². The smallest absolute Gasteiger partial charge is 0.330 e. The highest BCUT2D eigenvalue weighted by molar-refractivity contribution is 7.92. The summed E-state index contributed by atoms with van der Waals surface area (Å²) in [6.45, 7) is 2.13. The number of nitrogens with two attached hydrogens (primary N) is 1. The molecule has 3 rings (SSSR count). The number of anilines is 2. The van der Waals surface area contributed by atoms with Gasteiger partial charge in [0.25, 0.3) is 0 Å². The largest absolute Gasteiger partial charge is 0.588 e. The van der Waals surface area contributed by atoms with E-state index in [1.54, 1.807) is 48.6 Å². The third kappa shape index (κ3) is 4.57. The van der Waals surface area contributed by atoms with Crippen LogP contribution in [-0.2, 0) is 20.9 Å². The summed E-state index contributed by atoms with van der Waals surface area (Å²) in [5, 5.41) is 1.01. The number of benzene rings is 2. The Labute approximate surface area is 158 Å². The van der Waals surface area contributed by atoms with Crippen molar-refractivity contribution < 1.29 is 14.1 Å². The van der Waals surface area contributed by atoms with Crippen LogP contribution in [0.1, 0.15) is 11.8 Å². The van der Waals surface area contributed by atoms with Crippen LogP contribution in [0, 0.1) is 0 Å². The molecule has 0 saturated carbocycles. The average molecular weight is 386 g/mol. The zero-order chi connectivity index (χ0) is 18.5. The Morgan fingerprint density at radius 2 is 2.04 bits per heavy atom. The van der Waals surface area contributed by atoms with E-state index in [9.17, 15) is 9.35 Å². The summed E-state index contributed by atoms with van der Waals surface area (Å²) in [5.41, 5.74) is 7.04. The molecule has 26 heavy (non-hydrogen) atoms. The van der Waals surface area contributed by atoms with Gasteiger partial charge in [-0.3, -0.25) is 0 Å². The summed E-state index contributed by atoms with van der Waals surface area (Å²) in [6, 6.07) is 14.7. The van der Waals surface area contributed by atoms with Crippen molar-refractivity contribution in [3.63, 3.8) is 0 Å². The topological polar surface area (TPSA) is 87.4 Å². The molecule has 0 spiro atoms. The van der Waals surface area contributed by atoms with Crippen LogP contribution in [0.5, 0.6) is 0 Å². The highest BCUT2D eigenvalue weighted by atomic mass is 32.2. The van der Waals surface area contributed by atoms with Gasteiger partial charge in [0.1, 0.15) is 11.4 Å². The van der Waals surface area contributed by atoms with E-state index in [0.29, 0.717) is 17.2 Å². The van der Waals surface area contributed by atoms with Gasteiger partial charge in [0, 0.05) is 21.3 Å². The Balaban J connectivity index is 1.74. The number of thiophene rings is 1. The van der Waals surface area contributed by atoms with E-state index in [-0.39, 0.29) is 5.97 Å². The Bertz CT molecular complexity index is 936. The molecule has 0 bridgehead atoms. The van der Waals surface area contributed by atoms with Gasteiger partial charge in [-0.25, -0.2) is 9.52 Å². The van der Waals surface area contributed by atoms with Crippen molar-refractivity contribution in [2.45, 2.75) is 11.8 Å². The second-order valence-electron chi connectivity index (χ2n) is 5.43. The van der Waals surface area contributed by atoms with Crippen molar-refractivity contribution in [2.24, 2.45) is 0 Å². The van der Waals surface area contributed by atoms with Crippen molar-refractivity contribution in [2.75, 3.05) is 17.1 Å². The van der Waals surface area contributed by atoms with E-state index >= 15 is 0 Å². The maximum absolute atomic E-state index is 12.4. The van der Waals surface area contributed by atoms with Crippen molar-refractivity contribution in [1.82, 2.24) is 0 Å². The monoisotopic (exact) mass is 386 g/mol. The number of rotatable bonds is 6. The van der Waals surface area contributed by atoms with E-state index in [2.05, 4.69) is 4.72 Å². The summed E-state index contributed by atoms with van der Waals surface area (Å²) in [5.74, 6) is -0.355. The van der Waals surface area contributed by atoms with Gasteiger partial charge in [-0.05, 0) is 66.9 Å². The molecule has 5 nitrogen and oxygen atoms in total. The molecule has 0 saturated heterocycles. The third-order valence-electron chi connectivity index (χ3n) is 3.51. The Kier molecular flexibility index (Phi) is 5.82. The van der Waals surface area contributed by atoms with E-state index in [1.165, 1.54) is 6.08 Å².